The predicted octanol–water partition coefficient (Wildman–Crippen LogP) is 1.05. The van der Waals surface area contributed by atoms with E-state index in [-0.39, 0.29) is 23.8 Å². The number of rotatable bonds is 6. The smallest absolute Gasteiger partial charge is 0.251 e. The summed E-state index contributed by atoms with van der Waals surface area (Å²) < 4.78 is 20.9. The van der Waals surface area contributed by atoms with Crippen molar-refractivity contribution in [1.82, 2.24) is 34.8 Å². The van der Waals surface area contributed by atoms with Crippen molar-refractivity contribution in [2.75, 3.05) is 12.4 Å². The molecule has 0 aliphatic carbocycles. The molecule has 0 aromatic carbocycles. The molecule has 1 aliphatic heterocycles. The highest BCUT2D eigenvalue weighted by Crippen LogP contribution is 2.33. The Morgan fingerprint density at radius 1 is 1.22 bits per heavy atom. The van der Waals surface area contributed by atoms with E-state index in [4.69, 9.17) is 16.3 Å². The van der Waals surface area contributed by atoms with Gasteiger partial charge in [-0.15, -0.1) is 0 Å². The molecule has 14 heteroatoms. The lowest BCUT2D eigenvalue weighted by molar-refractivity contribution is -0.137. The second kappa shape index (κ2) is 9.70. The lowest BCUT2D eigenvalue weighted by Gasteiger charge is -2.17. The monoisotopic (exact) mass is 514 g/mol. The summed E-state index contributed by atoms with van der Waals surface area (Å²) in [5.41, 5.74) is 1.44. The summed E-state index contributed by atoms with van der Waals surface area (Å²) in [7, 11) is 1.39. The fraction of sp³-hybridized carbons (Fsp3) is 0.273. The van der Waals surface area contributed by atoms with Gasteiger partial charge < -0.3 is 25.6 Å². The van der Waals surface area contributed by atoms with Crippen LogP contribution < -0.4 is 10.6 Å². The normalized spacial score (nSPS) is 21.6. The van der Waals surface area contributed by atoms with Gasteiger partial charge in [0.2, 0.25) is 0 Å². The molecule has 4 aromatic rings. The standard InChI is InChI=1S/C22H20ClFN8O4/c1-25-21(35)17-15(33)16(34)22(36-17)32-9-29-14-19(28-8-13-5-11(23)2-3-27-13)30-18(31-20(14)32)10-4-12(24)7-26-6-10/h2-7,9,15-17,22,33-34H,8H2,1H3,(H,25,35)(H,28,30,31)/t15-,16+,17-,22+/m0/s1. The Kier molecular flexibility index (Phi) is 6.45. The number of pyridine rings is 2. The molecule has 4 aromatic heterocycles. The topological polar surface area (TPSA) is 160 Å². The van der Waals surface area contributed by atoms with Crippen LogP contribution in [0.4, 0.5) is 10.2 Å². The number of anilines is 1. The fourth-order valence-corrected chi connectivity index (χ4v) is 4.04. The highest BCUT2D eigenvalue weighted by molar-refractivity contribution is 6.30. The largest absolute Gasteiger partial charge is 0.387 e. The molecule has 0 unspecified atom stereocenters. The number of ether oxygens (including phenoxy) is 1. The Labute approximate surface area is 208 Å². The first-order valence-electron chi connectivity index (χ1n) is 10.8. The van der Waals surface area contributed by atoms with Crippen LogP contribution in [0.1, 0.15) is 11.9 Å². The quantitative estimate of drug-likeness (QED) is 0.293. The maximum atomic E-state index is 13.9. The van der Waals surface area contributed by atoms with E-state index in [1.807, 2.05) is 0 Å². The second-order valence-corrected chi connectivity index (χ2v) is 8.41. The minimum absolute atomic E-state index is 0.119. The lowest BCUT2D eigenvalue weighted by atomic mass is 10.1. The molecule has 4 N–H and O–H groups in total. The van der Waals surface area contributed by atoms with Gasteiger partial charge in [0.25, 0.3) is 5.91 Å². The molecule has 1 aliphatic rings. The van der Waals surface area contributed by atoms with E-state index in [1.165, 1.54) is 30.2 Å². The molecule has 36 heavy (non-hydrogen) atoms. The van der Waals surface area contributed by atoms with Gasteiger partial charge in [-0.2, -0.15) is 0 Å². The molecule has 1 saturated heterocycles. The second-order valence-electron chi connectivity index (χ2n) is 7.97. The molecule has 0 radical (unpaired) electrons. The number of aliphatic hydroxyl groups is 2. The van der Waals surface area contributed by atoms with Gasteiger partial charge in [-0.05, 0) is 18.2 Å². The van der Waals surface area contributed by atoms with Crippen molar-refractivity contribution in [3.63, 3.8) is 0 Å². The minimum Gasteiger partial charge on any atom is -0.387 e. The molecular weight excluding hydrogens is 495 g/mol. The van der Waals surface area contributed by atoms with Crippen molar-refractivity contribution in [2.45, 2.75) is 31.1 Å². The molecule has 0 spiro atoms. The molecule has 1 fully saturated rings. The van der Waals surface area contributed by atoms with Gasteiger partial charge in [0, 0.05) is 30.0 Å². The lowest BCUT2D eigenvalue weighted by Crippen LogP contribution is -2.41. The minimum atomic E-state index is -1.48. The average molecular weight is 515 g/mol. The molecule has 0 bridgehead atoms. The van der Waals surface area contributed by atoms with Gasteiger partial charge in [0.05, 0.1) is 24.8 Å². The van der Waals surface area contributed by atoms with Crippen LogP contribution in [0.15, 0.2) is 43.1 Å². The summed E-state index contributed by atoms with van der Waals surface area (Å²) in [6.07, 6.45) is -0.0310. The highest BCUT2D eigenvalue weighted by atomic mass is 35.5. The maximum absolute atomic E-state index is 13.9. The van der Waals surface area contributed by atoms with Gasteiger partial charge >= 0.3 is 0 Å². The van der Waals surface area contributed by atoms with E-state index in [9.17, 15) is 19.4 Å². The summed E-state index contributed by atoms with van der Waals surface area (Å²) in [5, 5.41) is 27.0. The zero-order chi connectivity index (χ0) is 25.4. The van der Waals surface area contributed by atoms with Gasteiger partial charge in [0.15, 0.2) is 35.1 Å². The summed E-state index contributed by atoms with van der Waals surface area (Å²) in [6, 6.07) is 4.56. The summed E-state index contributed by atoms with van der Waals surface area (Å²) in [6.45, 7) is 0.236. The molecule has 5 rings (SSSR count). The van der Waals surface area contributed by atoms with Crippen molar-refractivity contribution in [3.8, 4) is 11.4 Å². The van der Waals surface area contributed by atoms with Crippen LogP contribution in [0.3, 0.4) is 0 Å². The number of aromatic nitrogens is 6. The average Bonchev–Trinajstić information content (AvgIpc) is 3.43. The number of likely N-dealkylation sites (N-methyl/N-ethyl adjacent to an activating group) is 1. The number of hydrogen-bond donors (Lipinski definition) is 4. The van der Waals surface area contributed by atoms with Crippen molar-refractivity contribution in [2.24, 2.45) is 0 Å². The molecule has 12 nitrogen and oxygen atoms in total. The zero-order valence-corrected chi connectivity index (χ0v) is 19.5. The van der Waals surface area contributed by atoms with Crippen LogP contribution in [0.5, 0.6) is 0 Å². The molecule has 186 valence electrons. The van der Waals surface area contributed by atoms with E-state index < -0.39 is 36.3 Å². The van der Waals surface area contributed by atoms with Crippen LogP contribution in [0.25, 0.3) is 22.6 Å². The number of carbonyl (C=O) groups is 1. The van der Waals surface area contributed by atoms with Crippen LogP contribution in [0, 0.1) is 5.82 Å². The number of aliphatic hydroxyl groups excluding tert-OH is 2. The maximum Gasteiger partial charge on any atom is 0.251 e. The van der Waals surface area contributed by atoms with Crippen LogP contribution in [-0.2, 0) is 16.1 Å². The predicted molar refractivity (Wildman–Crippen MR) is 125 cm³/mol. The van der Waals surface area contributed by atoms with Crippen molar-refractivity contribution < 1.29 is 24.1 Å². The van der Waals surface area contributed by atoms with Crippen LogP contribution in [0.2, 0.25) is 5.02 Å². The van der Waals surface area contributed by atoms with Crippen LogP contribution in [-0.4, -0.2) is 71.0 Å². The summed E-state index contributed by atoms with van der Waals surface area (Å²) >= 11 is 6.05. The number of carbonyl (C=O) groups excluding carboxylic acids is 1. The Balaban J connectivity index is 1.58. The fourth-order valence-electron chi connectivity index (χ4n) is 3.86. The number of nitrogens with one attached hydrogen (secondary N) is 2. The van der Waals surface area contributed by atoms with E-state index in [2.05, 4.69) is 35.6 Å². The van der Waals surface area contributed by atoms with Gasteiger partial charge in [0.1, 0.15) is 18.0 Å². The molecular formula is C22H20ClFN8O4. The summed E-state index contributed by atoms with van der Waals surface area (Å²) in [5.74, 6) is -0.760. The Morgan fingerprint density at radius 3 is 2.81 bits per heavy atom. The molecule has 1 amide bonds. The van der Waals surface area contributed by atoms with Gasteiger partial charge in [-0.1, -0.05) is 11.6 Å². The summed E-state index contributed by atoms with van der Waals surface area (Å²) in [4.78, 5) is 33.6. The Bertz CT molecular complexity index is 1440. The van der Waals surface area contributed by atoms with Crippen LogP contribution >= 0.6 is 11.6 Å². The third-order valence-electron chi connectivity index (χ3n) is 5.62. The van der Waals surface area contributed by atoms with Crippen molar-refractivity contribution in [3.05, 3.63) is 59.7 Å². The first-order chi connectivity index (χ1) is 17.4. The molecule has 4 atom stereocenters. The number of nitrogens with zero attached hydrogens (tertiary/aromatic N) is 6. The number of amides is 1. The van der Waals surface area contributed by atoms with E-state index in [0.29, 0.717) is 21.8 Å². The zero-order valence-electron chi connectivity index (χ0n) is 18.7. The number of imidazole rings is 1. The number of fused-ring (bicyclic) bond motifs is 1. The van der Waals surface area contributed by atoms with Gasteiger partial charge in [-0.25, -0.2) is 19.3 Å². The number of halogens is 2. The number of hydrogen-bond acceptors (Lipinski definition) is 10. The Hall–Kier alpha value is -3.78. The van der Waals surface area contributed by atoms with E-state index in [0.717, 1.165) is 6.20 Å². The van der Waals surface area contributed by atoms with Crippen molar-refractivity contribution in [1.29, 1.82) is 0 Å². The Morgan fingerprint density at radius 2 is 2.06 bits per heavy atom. The third-order valence-corrected chi connectivity index (χ3v) is 5.85. The van der Waals surface area contributed by atoms with Gasteiger partial charge in [-0.3, -0.25) is 19.3 Å². The first kappa shape index (κ1) is 23.9. The molecule has 0 saturated carbocycles. The third kappa shape index (κ3) is 4.44. The molecule has 5 heterocycles. The van der Waals surface area contributed by atoms with Crippen molar-refractivity contribution >= 4 is 34.5 Å². The first-order valence-corrected chi connectivity index (χ1v) is 11.2. The SMILES string of the molecule is CNC(=O)[C@H]1O[C@@H](n2cnc3c(NCc4cc(Cl)ccn4)nc(-c4cncc(F)c4)nc32)[C@H](O)[C@@H]1O. The van der Waals surface area contributed by atoms with E-state index >= 15 is 0 Å². The van der Waals surface area contributed by atoms with E-state index in [1.54, 1.807) is 18.3 Å². The highest BCUT2D eigenvalue weighted by Gasteiger charge is 2.47.